The number of nitrogens with one attached hydrogen (secondary N) is 2. The summed E-state index contributed by atoms with van der Waals surface area (Å²) >= 11 is 0. The summed E-state index contributed by atoms with van der Waals surface area (Å²) in [6.07, 6.45) is -0.0336. The normalized spacial score (nSPS) is 28.9. The number of carbonyl (C=O) groups excluding carboxylic acids is 2. The van der Waals surface area contributed by atoms with Crippen LogP contribution in [0.1, 0.15) is 12.8 Å². The Morgan fingerprint density at radius 3 is 2.29 bits per heavy atom. The zero-order valence-electron chi connectivity index (χ0n) is 15.2. The molecule has 164 valence electrons. The summed E-state index contributed by atoms with van der Waals surface area (Å²) in [5, 5.41) is 5.30. The zero-order chi connectivity index (χ0) is 18.9. The molecule has 3 aliphatic rings. The van der Waals surface area contributed by atoms with Crippen LogP contribution in [0.4, 0.5) is 8.78 Å². The maximum Gasteiger partial charge on any atom is 0.262 e. The summed E-state index contributed by atoms with van der Waals surface area (Å²) in [5.41, 5.74) is 0. The molecule has 0 bridgehead atoms. The lowest BCUT2D eigenvalue weighted by Gasteiger charge is -2.35. The number of rotatable bonds is 4. The van der Waals surface area contributed by atoms with Crippen LogP contribution in [0.15, 0.2) is 0 Å². The standard InChI is InChI=1S/C15H24F2N4O4S.2ClH/c16-15(17)7-12(18-10-15)14(23)21-4-2-20(3-5-21)8-13(22)19-11-1-6-26(24,25)9-11;;/h11-12,18H,1-10H2,(H,19,22);2*1H. The SMILES string of the molecule is Cl.Cl.O=C(CN1CCN(C(=O)C2CC(F)(F)CN2)CC1)NC1CCS(=O)(=O)C1. The predicted octanol–water partition coefficient (Wildman–Crippen LogP) is -0.725. The van der Waals surface area contributed by atoms with Gasteiger partial charge >= 0.3 is 0 Å². The minimum Gasteiger partial charge on any atom is -0.351 e. The summed E-state index contributed by atoms with van der Waals surface area (Å²) in [4.78, 5) is 27.8. The molecule has 3 fully saturated rings. The molecule has 0 radical (unpaired) electrons. The lowest BCUT2D eigenvalue weighted by molar-refractivity contribution is -0.135. The number of hydrogen-bond acceptors (Lipinski definition) is 6. The van der Waals surface area contributed by atoms with Crippen LogP contribution in [0.3, 0.4) is 0 Å². The van der Waals surface area contributed by atoms with E-state index in [9.17, 15) is 26.8 Å². The van der Waals surface area contributed by atoms with Crippen LogP contribution in [-0.2, 0) is 19.4 Å². The first kappa shape index (κ1) is 25.3. The van der Waals surface area contributed by atoms with Gasteiger partial charge in [0.2, 0.25) is 11.8 Å². The number of hydrogen-bond donors (Lipinski definition) is 2. The third-order valence-corrected chi connectivity index (χ3v) is 6.82. The van der Waals surface area contributed by atoms with Crippen molar-refractivity contribution >= 4 is 46.5 Å². The van der Waals surface area contributed by atoms with Crippen molar-refractivity contribution in [3.05, 3.63) is 0 Å². The Labute approximate surface area is 175 Å². The molecule has 0 saturated carbocycles. The van der Waals surface area contributed by atoms with Crippen molar-refractivity contribution in [2.45, 2.75) is 30.8 Å². The van der Waals surface area contributed by atoms with E-state index in [4.69, 9.17) is 0 Å². The van der Waals surface area contributed by atoms with Gasteiger partial charge in [-0.05, 0) is 6.42 Å². The van der Waals surface area contributed by atoms with E-state index in [2.05, 4.69) is 10.6 Å². The van der Waals surface area contributed by atoms with Crippen LogP contribution in [0, 0.1) is 0 Å². The first-order valence-electron chi connectivity index (χ1n) is 8.76. The van der Waals surface area contributed by atoms with Crippen LogP contribution in [0.2, 0.25) is 0 Å². The van der Waals surface area contributed by atoms with Gasteiger partial charge in [-0.1, -0.05) is 0 Å². The summed E-state index contributed by atoms with van der Waals surface area (Å²) in [6, 6.07) is -1.17. The minimum absolute atomic E-state index is 0. The molecule has 2 N–H and O–H groups in total. The van der Waals surface area contributed by atoms with Gasteiger partial charge in [-0.3, -0.25) is 19.8 Å². The fraction of sp³-hybridized carbons (Fsp3) is 0.867. The molecule has 0 aliphatic carbocycles. The van der Waals surface area contributed by atoms with Crippen LogP contribution >= 0.6 is 24.8 Å². The number of amides is 2. The predicted molar refractivity (Wildman–Crippen MR) is 104 cm³/mol. The van der Waals surface area contributed by atoms with Gasteiger partial charge in [0.05, 0.1) is 30.6 Å². The maximum absolute atomic E-state index is 13.2. The summed E-state index contributed by atoms with van der Waals surface area (Å²) in [5.74, 6) is -3.30. The highest BCUT2D eigenvalue weighted by Crippen LogP contribution is 2.26. The molecule has 2 atom stereocenters. The van der Waals surface area contributed by atoms with Crippen molar-refractivity contribution in [1.82, 2.24) is 20.4 Å². The van der Waals surface area contributed by atoms with Gasteiger partial charge in [0, 0.05) is 38.6 Å². The largest absolute Gasteiger partial charge is 0.351 e. The number of sulfone groups is 1. The first-order chi connectivity index (χ1) is 12.1. The van der Waals surface area contributed by atoms with Crippen LogP contribution in [0.25, 0.3) is 0 Å². The van der Waals surface area contributed by atoms with Gasteiger partial charge in [0.15, 0.2) is 9.84 Å². The number of halogens is 4. The number of piperazine rings is 1. The number of alkyl halides is 2. The van der Waals surface area contributed by atoms with E-state index >= 15 is 0 Å². The molecule has 3 aliphatic heterocycles. The highest BCUT2D eigenvalue weighted by molar-refractivity contribution is 7.91. The van der Waals surface area contributed by atoms with Gasteiger partial charge in [-0.2, -0.15) is 0 Å². The summed E-state index contributed by atoms with van der Waals surface area (Å²) in [6.45, 7) is 1.39. The molecular weight excluding hydrogens is 441 g/mol. The molecule has 0 spiro atoms. The smallest absolute Gasteiger partial charge is 0.262 e. The van der Waals surface area contributed by atoms with E-state index in [0.29, 0.717) is 32.6 Å². The fourth-order valence-electron chi connectivity index (χ4n) is 3.62. The molecule has 0 aromatic carbocycles. The Morgan fingerprint density at radius 1 is 1.14 bits per heavy atom. The average molecular weight is 467 g/mol. The fourth-order valence-corrected chi connectivity index (χ4v) is 5.30. The Hall–Kier alpha value is -0.750. The lowest BCUT2D eigenvalue weighted by Crippen LogP contribution is -2.54. The average Bonchev–Trinajstić information content (AvgIpc) is 3.08. The van der Waals surface area contributed by atoms with E-state index in [1.165, 1.54) is 0 Å². The van der Waals surface area contributed by atoms with Gasteiger partial charge < -0.3 is 10.2 Å². The second-order valence-corrected chi connectivity index (χ2v) is 9.49. The monoisotopic (exact) mass is 466 g/mol. The van der Waals surface area contributed by atoms with Crippen molar-refractivity contribution < 1.29 is 26.8 Å². The van der Waals surface area contributed by atoms with E-state index < -0.39 is 34.8 Å². The second-order valence-electron chi connectivity index (χ2n) is 7.26. The number of nitrogens with zero attached hydrogens (tertiary/aromatic N) is 2. The molecule has 8 nitrogen and oxygen atoms in total. The highest BCUT2D eigenvalue weighted by atomic mass is 35.5. The molecule has 3 rings (SSSR count). The van der Waals surface area contributed by atoms with Crippen molar-refractivity contribution in [2.24, 2.45) is 0 Å². The Kier molecular flexibility index (Phi) is 8.88. The molecule has 0 aromatic heterocycles. The van der Waals surface area contributed by atoms with Gasteiger partial charge in [0.25, 0.3) is 5.92 Å². The molecule has 0 aromatic rings. The Bertz CT molecular complexity index is 675. The van der Waals surface area contributed by atoms with Crippen LogP contribution in [-0.4, -0.2) is 98.8 Å². The van der Waals surface area contributed by atoms with Gasteiger partial charge in [-0.15, -0.1) is 24.8 Å². The van der Waals surface area contributed by atoms with Crippen molar-refractivity contribution in [3.8, 4) is 0 Å². The van der Waals surface area contributed by atoms with Gasteiger partial charge in [-0.25, -0.2) is 17.2 Å². The van der Waals surface area contributed by atoms with Crippen molar-refractivity contribution in [2.75, 3.05) is 50.8 Å². The van der Waals surface area contributed by atoms with Crippen molar-refractivity contribution in [1.29, 1.82) is 0 Å². The lowest BCUT2D eigenvalue weighted by atomic mass is 10.1. The first-order valence-corrected chi connectivity index (χ1v) is 10.6. The highest BCUT2D eigenvalue weighted by Gasteiger charge is 2.43. The van der Waals surface area contributed by atoms with Crippen LogP contribution < -0.4 is 10.6 Å². The van der Waals surface area contributed by atoms with E-state index in [1.54, 1.807) is 4.90 Å². The molecule has 3 saturated heterocycles. The quantitative estimate of drug-likeness (QED) is 0.566. The van der Waals surface area contributed by atoms with Crippen LogP contribution in [0.5, 0.6) is 0 Å². The third kappa shape index (κ3) is 6.65. The molecule has 13 heteroatoms. The Morgan fingerprint density at radius 2 is 1.79 bits per heavy atom. The molecule has 28 heavy (non-hydrogen) atoms. The topological polar surface area (TPSA) is 98.8 Å². The maximum atomic E-state index is 13.2. The third-order valence-electron chi connectivity index (χ3n) is 5.06. The Balaban J connectivity index is 0.00000196. The summed E-state index contributed by atoms with van der Waals surface area (Å²) < 4.78 is 49.3. The summed E-state index contributed by atoms with van der Waals surface area (Å²) in [7, 11) is -3.04. The van der Waals surface area contributed by atoms with E-state index in [-0.39, 0.29) is 60.7 Å². The van der Waals surface area contributed by atoms with Gasteiger partial charge in [0.1, 0.15) is 0 Å². The molecule has 3 heterocycles. The molecule has 2 amide bonds. The number of carbonyl (C=O) groups is 2. The van der Waals surface area contributed by atoms with E-state index in [0.717, 1.165) is 0 Å². The van der Waals surface area contributed by atoms with Crippen molar-refractivity contribution in [3.63, 3.8) is 0 Å². The second kappa shape index (κ2) is 9.84. The van der Waals surface area contributed by atoms with E-state index in [1.807, 2.05) is 4.90 Å². The molecular formula is C15H26Cl2F2N4O4S. The zero-order valence-corrected chi connectivity index (χ0v) is 17.7. The molecule has 2 unspecified atom stereocenters. The minimum atomic E-state index is -3.04.